The minimum atomic E-state index is -4.62. The number of benzene rings is 1. The van der Waals surface area contributed by atoms with Gasteiger partial charge in [0.25, 0.3) is 0 Å². The Morgan fingerprint density at radius 3 is 2.45 bits per heavy atom. The number of alkyl halides is 3. The van der Waals surface area contributed by atoms with E-state index < -0.39 is 29.2 Å². The van der Waals surface area contributed by atoms with Gasteiger partial charge in [-0.2, -0.15) is 13.2 Å². The lowest BCUT2D eigenvalue weighted by atomic mass is 10.1. The van der Waals surface area contributed by atoms with Crippen LogP contribution in [0.5, 0.6) is 5.75 Å². The minimum Gasteiger partial charge on any atom is -0.506 e. The molecule has 0 saturated carbocycles. The fraction of sp³-hybridized carbons (Fsp3) is 0.0909. The maximum atomic E-state index is 12.7. The van der Waals surface area contributed by atoms with E-state index in [9.17, 15) is 23.1 Å². The lowest BCUT2D eigenvalue weighted by Crippen LogP contribution is -2.05. The lowest BCUT2D eigenvalue weighted by molar-refractivity contribution is -0.137. The number of carbonyl (C=O) groups is 1. The molecule has 20 heavy (non-hydrogen) atoms. The summed E-state index contributed by atoms with van der Waals surface area (Å²) in [5.41, 5.74) is -1.52. The summed E-state index contributed by atoms with van der Waals surface area (Å²) < 4.78 is 42.3. The van der Waals surface area contributed by atoms with Gasteiger partial charge >= 0.3 is 12.1 Å². The van der Waals surface area contributed by atoms with E-state index in [1.165, 1.54) is 0 Å². The number of hydrogen-bond donors (Lipinski definition) is 2. The number of hydrogen-bond acceptors (Lipinski definition) is 4. The third-order valence-corrected chi connectivity index (χ3v) is 2.99. The zero-order valence-electron chi connectivity index (χ0n) is 9.40. The zero-order chi connectivity index (χ0) is 15.1. The Hall–Kier alpha value is -2.03. The Morgan fingerprint density at radius 2 is 1.95 bits per heavy atom. The van der Waals surface area contributed by atoms with Crippen molar-refractivity contribution in [1.29, 1.82) is 0 Å². The molecule has 0 unspecified atom stereocenters. The van der Waals surface area contributed by atoms with E-state index in [1.807, 2.05) is 0 Å². The molecule has 0 fully saturated rings. The highest BCUT2D eigenvalue weighted by Crippen LogP contribution is 2.41. The van der Waals surface area contributed by atoms with Gasteiger partial charge in [0.1, 0.15) is 11.4 Å². The van der Waals surface area contributed by atoms with Crippen molar-refractivity contribution >= 4 is 21.9 Å². The van der Waals surface area contributed by atoms with Gasteiger partial charge < -0.3 is 14.7 Å². The highest BCUT2D eigenvalue weighted by Gasteiger charge is 2.32. The van der Waals surface area contributed by atoms with Crippen LogP contribution in [0.2, 0.25) is 0 Å². The zero-order valence-corrected chi connectivity index (χ0v) is 11.0. The Morgan fingerprint density at radius 1 is 1.30 bits per heavy atom. The number of nitrogens with zero attached hydrogens (tertiary/aromatic N) is 1. The molecule has 1 heterocycles. The number of halogens is 4. The Bertz CT molecular complexity index is 681. The summed E-state index contributed by atoms with van der Waals surface area (Å²) in [6, 6.07) is 2.28. The Kier molecular flexibility index (Phi) is 3.46. The average Bonchev–Trinajstić information content (AvgIpc) is 2.80. The van der Waals surface area contributed by atoms with Crippen LogP contribution in [0.1, 0.15) is 16.1 Å². The van der Waals surface area contributed by atoms with Crippen LogP contribution in [0.3, 0.4) is 0 Å². The minimum absolute atomic E-state index is 0.192. The first-order chi connectivity index (χ1) is 9.20. The predicted molar refractivity (Wildman–Crippen MR) is 63.3 cm³/mol. The highest BCUT2D eigenvalue weighted by molar-refractivity contribution is 9.10. The fourth-order valence-corrected chi connectivity index (χ4v) is 1.92. The first-order valence-corrected chi connectivity index (χ1v) is 5.79. The van der Waals surface area contributed by atoms with Crippen LogP contribution >= 0.6 is 15.9 Å². The number of rotatable bonds is 2. The van der Waals surface area contributed by atoms with Crippen molar-refractivity contribution in [2.24, 2.45) is 0 Å². The number of aromatic nitrogens is 1. The molecule has 0 atom stereocenters. The molecule has 106 valence electrons. The van der Waals surface area contributed by atoms with E-state index in [2.05, 4.69) is 25.6 Å². The molecule has 2 aromatic rings. The molecule has 0 amide bonds. The molecule has 2 rings (SSSR count). The summed E-state index contributed by atoms with van der Waals surface area (Å²) in [4.78, 5) is 10.6. The van der Waals surface area contributed by atoms with Gasteiger partial charge in [0.05, 0.1) is 10.0 Å². The van der Waals surface area contributed by atoms with Crippen LogP contribution in [0, 0.1) is 0 Å². The van der Waals surface area contributed by atoms with Crippen LogP contribution in [0.15, 0.2) is 27.2 Å². The number of phenolic OH excluding ortho intramolecular Hbond substituents is 1. The standard InChI is InChI=1S/C11H5BrF3NO4/c12-6-2-4(11(13,14)15)1-5(9(6)17)7-3-8(10(18)19)20-16-7/h1-3,17H,(H,18,19). The average molecular weight is 352 g/mol. The molecule has 1 aromatic carbocycles. The maximum Gasteiger partial charge on any atom is 0.416 e. The second-order valence-corrected chi connectivity index (χ2v) is 4.59. The fourth-order valence-electron chi connectivity index (χ4n) is 1.46. The van der Waals surface area contributed by atoms with Crippen LogP contribution < -0.4 is 0 Å². The summed E-state index contributed by atoms with van der Waals surface area (Å²) >= 11 is 2.80. The van der Waals surface area contributed by atoms with Gasteiger partial charge in [-0.1, -0.05) is 5.16 Å². The maximum absolute atomic E-state index is 12.7. The van der Waals surface area contributed by atoms with Crippen LogP contribution in [0.25, 0.3) is 11.3 Å². The van der Waals surface area contributed by atoms with Crippen LogP contribution in [-0.4, -0.2) is 21.3 Å². The number of carboxylic acid groups (broad SMARTS) is 1. The summed E-state index contributed by atoms with van der Waals surface area (Å²) in [6.45, 7) is 0. The van der Waals surface area contributed by atoms with Crippen LogP contribution in [-0.2, 0) is 6.18 Å². The van der Waals surface area contributed by atoms with Crippen molar-refractivity contribution in [3.8, 4) is 17.0 Å². The molecule has 0 spiro atoms. The molecule has 1 aromatic heterocycles. The quantitative estimate of drug-likeness (QED) is 0.864. The van der Waals surface area contributed by atoms with Crippen molar-refractivity contribution in [3.63, 3.8) is 0 Å². The molecule has 2 N–H and O–H groups in total. The summed E-state index contributed by atoms with van der Waals surface area (Å²) in [6.07, 6.45) is -4.62. The van der Waals surface area contributed by atoms with Gasteiger partial charge in [0.2, 0.25) is 5.76 Å². The monoisotopic (exact) mass is 351 g/mol. The molecule has 0 saturated heterocycles. The van der Waals surface area contributed by atoms with Gasteiger partial charge in [-0.3, -0.25) is 0 Å². The summed E-state index contributed by atoms with van der Waals surface area (Å²) in [7, 11) is 0. The van der Waals surface area contributed by atoms with Crippen molar-refractivity contribution in [3.05, 3.63) is 34.0 Å². The summed E-state index contributed by atoms with van der Waals surface area (Å²) in [5, 5.41) is 21.7. The van der Waals surface area contributed by atoms with E-state index in [-0.39, 0.29) is 15.7 Å². The number of phenols is 1. The first-order valence-electron chi connectivity index (χ1n) is 5.00. The van der Waals surface area contributed by atoms with Crippen molar-refractivity contribution < 1.29 is 32.7 Å². The third kappa shape index (κ3) is 2.62. The molecule has 0 aliphatic rings. The van der Waals surface area contributed by atoms with Gasteiger partial charge in [0, 0.05) is 11.6 Å². The molecule has 0 aliphatic carbocycles. The number of aromatic carboxylic acids is 1. The van der Waals surface area contributed by atoms with E-state index in [4.69, 9.17) is 5.11 Å². The molecule has 9 heteroatoms. The Balaban J connectivity index is 2.60. The molecule has 0 radical (unpaired) electrons. The third-order valence-electron chi connectivity index (χ3n) is 2.39. The summed E-state index contributed by atoms with van der Waals surface area (Å²) in [5.74, 6) is -2.47. The van der Waals surface area contributed by atoms with Gasteiger partial charge in [-0.25, -0.2) is 4.79 Å². The van der Waals surface area contributed by atoms with E-state index >= 15 is 0 Å². The first kappa shape index (κ1) is 14.4. The van der Waals surface area contributed by atoms with Gasteiger partial charge in [0.15, 0.2) is 0 Å². The van der Waals surface area contributed by atoms with E-state index in [1.54, 1.807) is 0 Å². The second-order valence-electron chi connectivity index (χ2n) is 3.73. The highest BCUT2D eigenvalue weighted by atomic mass is 79.9. The number of aromatic hydroxyl groups is 1. The molecular weight excluding hydrogens is 347 g/mol. The largest absolute Gasteiger partial charge is 0.506 e. The Labute approximate surface area is 117 Å². The van der Waals surface area contributed by atoms with Crippen molar-refractivity contribution in [2.45, 2.75) is 6.18 Å². The topological polar surface area (TPSA) is 83.6 Å². The lowest BCUT2D eigenvalue weighted by Gasteiger charge is -2.10. The van der Waals surface area contributed by atoms with Crippen LogP contribution in [0.4, 0.5) is 13.2 Å². The second kappa shape index (κ2) is 4.82. The normalized spacial score (nSPS) is 11.6. The van der Waals surface area contributed by atoms with Gasteiger partial charge in [-0.05, 0) is 28.1 Å². The van der Waals surface area contributed by atoms with Gasteiger partial charge in [-0.15, -0.1) is 0 Å². The van der Waals surface area contributed by atoms with E-state index in [0.717, 1.165) is 6.07 Å². The molecule has 0 bridgehead atoms. The smallest absolute Gasteiger partial charge is 0.416 e. The van der Waals surface area contributed by atoms with Crippen molar-refractivity contribution in [1.82, 2.24) is 5.16 Å². The molecular formula is C11H5BrF3NO4. The molecule has 5 nitrogen and oxygen atoms in total. The molecule has 0 aliphatic heterocycles. The van der Waals surface area contributed by atoms with E-state index in [0.29, 0.717) is 12.1 Å². The SMILES string of the molecule is O=C(O)c1cc(-c2cc(C(F)(F)F)cc(Br)c2O)no1. The van der Waals surface area contributed by atoms with Crippen molar-refractivity contribution in [2.75, 3.05) is 0 Å². The predicted octanol–water partition coefficient (Wildman–Crippen LogP) is 3.53. The number of carboxylic acids is 1.